The van der Waals surface area contributed by atoms with Crippen molar-refractivity contribution in [3.05, 3.63) is 66.2 Å². The Morgan fingerprint density at radius 3 is 2.06 bits per heavy atom. The molecule has 0 unspecified atom stereocenters. The first-order valence-corrected chi connectivity index (χ1v) is 6.26. The molecule has 2 aromatic carbocycles. The molecular weight excluding hydrogens is 206 g/mol. The van der Waals surface area contributed by atoms with Gasteiger partial charge in [-0.1, -0.05) is 61.9 Å². The molecule has 0 fully saturated rings. The Balaban J connectivity index is 2.13. The Labute approximate surface area is 103 Å². The number of hydrogen-bond donors (Lipinski definition) is 1. The number of benzene rings is 2. The largest absolute Gasteiger partial charge is 0.378 e. The van der Waals surface area contributed by atoms with Crippen molar-refractivity contribution in [2.45, 2.75) is 25.8 Å². The second-order valence-electron chi connectivity index (χ2n) is 4.26. The maximum Gasteiger partial charge on any atom is 0.0513 e. The van der Waals surface area contributed by atoms with E-state index in [1.54, 1.807) is 0 Å². The number of rotatable bonds is 5. The number of hydrogen-bond acceptors (Lipinski definition) is 1. The van der Waals surface area contributed by atoms with Gasteiger partial charge < -0.3 is 5.32 Å². The van der Waals surface area contributed by atoms with Crippen LogP contribution in [-0.4, -0.2) is 0 Å². The zero-order valence-electron chi connectivity index (χ0n) is 10.3. The van der Waals surface area contributed by atoms with Gasteiger partial charge in [0.05, 0.1) is 6.04 Å². The minimum atomic E-state index is 0.406. The lowest BCUT2D eigenvalue weighted by Gasteiger charge is -2.19. The zero-order valence-corrected chi connectivity index (χ0v) is 10.3. The SMILES string of the molecule is CCC[C@H](Nc1ccccc1)c1ccccc1. The van der Waals surface area contributed by atoms with E-state index >= 15 is 0 Å². The van der Waals surface area contributed by atoms with Gasteiger partial charge in [0.25, 0.3) is 0 Å². The second-order valence-corrected chi connectivity index (χ2v) is 4.26. The highest BCUT2D eigenvalue weighted by Gasteiger charge is 2.09. The summed E-state index contributed by atoms with van der Waals surface area (Å²) in [5.74, 6) is 0. The molecule has 0 aliphatic rings. The van der Waals surface area contributed by atoms with Gasteiger partial charge in [0.1, 0.15) is 0 Å². The highest BCUT2D eigenvalue weighted by Crippen LogP contribution is 2.23. The summed E-state index contributed by atoms with van der Waals surface area (Å²) in [5, 5.41) is 3.60. The first kappa shape index (κ1) is 11.7. The van der Waals surface area contributed by atoms with E-state index in [0.717, 1.165) is 6.42 Å². The monoisotopic (exact) mass is 225 g/mol. The molecule has 0 aromatic heterocycles. The fourth-order valence-electron chi connectivity index (χ4n) is 2.03. The second kappa shape index (κ2) is 6.09. The van der Waals surface area contributed by atoms with E-state index in [1.165, 1.54) is 17.7 Å². The molecule has 0 bridgehead atoms. The van der Waals surface area contributed by atoms with Crippen LogP contribution in [0.5, 0.6) is 0 Å². The highest BCUT2D eigenvalue weighted by atomic mass is 14.9. The smallest absolute Gasteiger partial charge is 0.0513 e. The molecular formula is C16H19N. The Bertz CT molecular complexity index is 422. The third kappa shape index (κ3) is 3.35. The van der Waals surface area contributed by atoms with Crippen LogP contribution in [0.25, 0.3) is 0 Å². The van der Waals surface area contributed by atoms with Gasteiger partial charge in [0.15, 0.2) is 0 Å². The van der Waals surface area contributed by atoms with Crippen molar-refractivity contribution in [1.82, 2.24) is 0 Å². The van der Waals surface area contributed by atoms with Crippen molar-refractivity contribution in [3.8, 4) is 0 Å². The van der Waals surface area contributed by atoms with E-state index in [9.17, 15) is 0 Å². The topological polar surface area (TPSA) is 12.0 Å². The van der Waals surface area contributed by atoms with Gasteiger partial charge in [-0.3, -0.25) is 0 Å². The van der Waals surface area contributed by atoms with Gasteiger partial charge in [-0.2, -0.15) is 0 Å². The molecule has 0 saturated carbocycles. The van der Waals surface area contributed by atoms with Crippen LogP contribution in [-0.2, 0) is 0 Å². The van der Waals surface area contributed by atoms with Crippen molar-refractivity contribution < 1.29 is 0 Å². The number of anilines is 1. The van der Waals surface area contributed by atoms with Crippen molar-refractivity contribution >= 4 is 5.69 Å². The molecule has 1 nitrogen and oxygen atoms in total. The lowest BCUT2D eigenvalue weighted by Crippen LogP contribution is -2.10. The molecule has 0 heterocycles. The molecule has 0 saturated heterocycles. The van der Waals surface area contributed by atoms with Crippen LogP contribution in [0.4, 0.5) is 5.69 Å². The first-order valence-electron chi connectivity index (χ1n) is 6.26. The van der Waals surface area contributed by atoms with Crippen molar-refractivity contribution in [1.29, 1.82) is 0 Å². The van der Waals surface area contributed by atoms with Gasteiger partial charge in [0, 0.05) is 5.69 Å². The molecule has 1 N–H and O–H groups in total. The van der Waals surface area contributed by atoms with Crippen molar-refractivity contribution in [2.75, 3.05) is 5.32 Å². The lowest BCUT2D eigenvalue weighted by atomic mass is 10.0. The fourth-order valence-corrected chi connectivity index (χ4v) is 2.03. The fraction of sp³-hybridized carbons (Fsp3) is 0.250. The molecule has 88 valence electrons. The minimum Gasteiger partial charge on any atom is -0.378 e. The van der Waals surface area contributed by atoms with E-state index in [2.05, 4.69) is 66.8 Å². The van der Waals surface area contributed by atoms with Crippen LogP contribution in [0.1, 0.15) is 31.4 Å². The van der Waals surface area contributed by atoms with Gasteiger partial charge in [-0.15, -0.1) is 0 Å². The molecule has 0 aliphatic heterocycles. The van der Waals surface area contributed by atoms with E-state index in [0.29, 0.717) is 6.04 Å². The summed E-state index contributed by atoms with van der Waals surface area (Å²) in [6.45, 7) is 2.22. The summed E-state index contributed by atoms with van der Waals surface area (Å²) in [6, 6.07) is 21.5. The Morgan fingerprint density at radius 1 is 0.882 bits per heavy atom. The van der Waals surface area contributed by atoms with Crippen LogP contribution >= 0.6 is 0 Å². The van der Waals surface area contributed by atoms with Crippen LogP contribution < -0.4 is 5.32 Å². The predicted octanol–water partition coefficient (Wildman–Crippen LogP) is 4.64. The van der Waals surface area contributed by atoms with E-state index in [1.807, 2.05) is 6.07 Å². The highest BCUT2D eigenvalue weighted by molar-refractivity contribution is 5.45. The van der Waals surface area contributed by atoms with E-state index < -0.39 is 0 Å². The quantitative estimate of drug-likeness (QED) is 0.781. The third-order valence-corrected chi connectivity index (χ3v) is 2.89. The van der Waals surface area contributed by atoms with Crippen LogP contribution in [0.15, 0.2) is 60.7 Å². The molecule has 0 aliphatic carbocycles. The molecule has 1 atom stereocenters. The first-order chi connectivity index (χ1) is 8.40. The average Bonchev–Trinajstić information content (AvgIpc) is 2.40. The standard InChI is InChI=1S/C16H19N/c1-2-9-16(14-10-5-3-6-11-14)17-15-12-7-4-8-13-15/h3-8,10-13,16-17H,2,9H2,1H3/t16-/m0/s1. The Morgan fingerprint density at radius 2 is 1.47 bits per heavy atom. The van der Waals surface area contributed by atoms with Crippen LogP contribution in [0, 0.1) is 0 Å². The van der Waals surface area contributed by atoms with Gasteiger partial charge in [0.2, 0.25) is 0 Å². The molecule has 0 amide bonds. The Hall–Kier alpha value is -1.76. The van der Waals surface area contributed by atoms with E-state index in [4.69, 9.17) is 0 Å². The predicted molar refractivity (Wildman–Crippen MR) is 74.2 cm³/mol. The summed E-state index contributed by atoms with van der Waals surface area (Å²) in [6.07, 6.45) is 2.33. The molecule has 2 rings (SSSR count). The average molecular weight is 225 g/mol. The maximum absolute atomic E-state index is 3.60. The van der Waals surface area contributed by atoms with Crippen LogP contribution in [0.2, 0.25) is 0 Å². The molecule has 0 spiro atoms. The van der Waals surface area contributed by atoms with E-state index in [-0.39, 0.29) is 0 Å². The third-order valence-electron chi connectivity index (χ3n) is 2.89. The zero-order chi connectivity index (χ0) is 11.9. The Kier molecular flexibility index (Phi) is 4.20. The number of nitrogens with one attached hydrogen (secondary N) is 1. The molecule has 0 radical (unpaired) electrons. The van der Waals surface area contributed by atoms with Crippen molar-refractivity contribution in [3.63, 3.8) is 0 Å². The van der Waals surface area contributed by atoms with Gasteiger partial charge in [-0.05, 0) is 24.1 Å². The summed E-state index contributed by atoms with van der Waals surface area (Å²) >= 11 is 0. The summed E-state index contributed by atoms with van der Waals surface area (Å²) in [5.41, 5.74) is 2.55. The van der Waals surface area contributed by atoms with Crippen molar-refractivity contribution in [2.24, 2.45) is 0 Å². The molecule has 2 aromatic rings. The van der Waals surface area contributed by atoms with Crippen LogP contribution in [0.3, 0.4) is 0 Å². The maximum atomic E-state index is 3.60. The lowest BCUT2D eigenvalue weighted by molar-refractivity contribution is 0.677. The molecule has 1 heteroatoms. The van der Waals surface area contributed by atoms with Gasteiger partial charge >= 0.3 is 0 Å². The minimum absolute atomic E-state index is 0.406. The summed E-state index contributed by atoms with van der Waals surface area (Å²) in [7, 11) is 0. The van der Waals surface area contributed by atoms with Gasteiger partial charge in [-0.25, -0.2) is 0 Å². The number of para-hydroxylation sites is 1. The normalized spacial score (nSPS) is 12.1. The molecule has 17 heavy (non-hydrogen) atoms. The summed E-state index contributed by atoms with van der Waals surface area (Å²) in [4.78, 5) is 0. The summed E-state index contributed by atoms with van der Waals surface area (Å²) < 4.78 is 0.